The summed E-state index contributed by atoms with van der Waals surface area (Å²) in [7, 11) is 6.53. The molecule has 0 radical (unpaired) electrons. The van der Waals surface area contributed by atoms with Crippen LogP contribution in [0.15, 0.2) is 21.6 Å². The number of aryl methyl sites for hydroxylation is 2. The number of nitrogens with one attached hydrogen (secondary N) is 2. The number of ether oxygens (including phenoxy) is 3. The molecular formula is C20H31IN4O4. The second kappa shape index (κ2) is 12.4. The van der Waals surface area contributed by atoms with E-state index in [0.29, 0.717) is 36.3 Å². The zero-order valence-corrected chi connectivity index (χ0v) is 20.2. The number of nitrogens with zero attached hydrogens (tertiary/aromatic N) is 2. The van der Waals surface area contributed by atoms with Crippen LogP contribution >= 0.6 is 24.0 Å². The number of rotatable bonds is 9. The van der Waals surface area contributed by atoms with E-state index < -0.39 is 0 Å². The van der Waals surface area contributed by atoms with E-state index in [-0.39, 0.29) is 24.0 Å². The highest BCUT2D eigenvalue weighted by Gasteiger charge is 2.15. The van der Waals surface area contributed by atoms with Crippen molar-refractivity contribution in [3.8, 4) is 17.2 Å². The predicted molar refractivity (Wildman–Crippen MR) is 124 cm³/mol. The van der Waals surface area contributed by atoms with E-state index >= 15 is 0 Å². The maximum atomic E-state index is 5.41. The van der Waals surface area contributed by atoms with Crippen LogP contribution in [0.25, 0.3) is 0 Å². The Labute approximate surface area is 189 Å². The smallest absolute Gasteiger partial charge is 0.203 e. The second-order valence-corrected chi connectivity index (χ2v) is 6.05. The van der Waals surface area contributed by atoms with Crippen LogP contribution in [0.4, 0.5) is 0 Å². The summed E-state index contributed by atoms with van der Waals surface area (Å²) in [6.45, 7) is 5.27. The van der Waals surface area contributed by atoms with E-state index in [1.54, 1.807) is 28.4 Å². The minimum absolute atomic E-state index is 0. The van der Waals surface area contributed by atoms with Crippen LogP contribution in [0, 0.1) is 0 Å². The minimum Gasteiger partial charge on any atom is -0.493 e. The molecule has 2 aromatic rings. The van der Waals surface area contributed by atoms with Gasteiger partial charge in [0.25, 0.3) is 0 Å². The standard InChI is InChI=1S/C20H30N4O4.HI/c1-7-15-14(16(8-2)28-24-15)12-23-20(21-3)22-11-13-9-17(25-4)19(27-6)18(10-13)26-5;/h9-10H,7-8,11-12H2,1-6H3,(H2,21,22,23);1H. The average Bonchev–Trinajstić information content (AvgIpc) is 3.14. The summed E-state index contributed by atoms with van der Waals surface area (Å²) in [4.78, 5) is 4.29. The Bertz CT molecular complexity index is 761. The van der Waals surface area contributed by atoms with E-state index in [0.717, 1.165) is 35.4 Å². The molecule has 8 nitrogen and oxygen atoms in total. The topological polar surface area (TPSA) is 90.1 Å². The molecule has 0 saturated heterocycles. The summed E-state index contributed by atoms with van der Waals surface area (Å²) in [6.07, 6.45) is 1.64. The first-order chi connectivity index (χ1) is 13.6. The number of methoxy groups -OCH3 is 3. The molecule has 29 heavy (non-hydrogen) atoms. The van der Waals surface area contributed by atoms with E-state index in [1.165, 1.54) is 0 Å². The molecule has 9 heteroatoms. The van der Waals surface area contributed by atoms with Crippen LogP contribution in [0.5, 0.6) is 17.2 Å². The van der Waals surface area contributed by atoms with Gasteiger partial charge in [-0.05, 0) is 24.1 Å². The Balaban J connectivity index is 0.00000420. The quantitative estimate of drug-likeness (QED) is 0.299. The van der Waals surface area contributed by atoms with E-state index in [4.69, 9.17) is 18.7 Å². The molecule has 2 N–H and O–H groups in total. The molecule has 0 aliphatic rings. The Morgan fingerprint density at radius 3 is 2.10 bits per heavy atom. The van der Waals surface area contributed by atoms with E-state index in [9.17, 15) is 0 Å². The minimum atomic E-state index is 0. The fourth-order valence-electron chi connectivity index (χ4n) is 2.95. The lowest BCUT2D eigenvalue weighted by Crippen LogP contribution is -2.36. The summed E-state index contributed by atoms with van der Waals surface area (Å²) in [6, 6.07) is 3.82. The summed E-state index contributed by atoms with van der Waals surface area (Å²) >= 11 is 0. The fourth-order valence-corrected chi connectivity index (χ4v) is 2.95. The summed E-state index contributed by atoms with van der Waals surface area (Å²) in [5.41, 5.74) is 3.05. The monoisotopic (exact) mass is 518 g/mol. The number of guanidine groups is 1. The first kappa shape index (κ1) is 24.9. The first-order valence-electron chi connectivity index (χ1n) is 9.31. The summed E-state index contributed by atoms with van der Waals surface area (Å²) in [5, 5.41) is 10.8. The van der Waals surface area contributed by atoms with Gasteiger partial charge in [0.1, 0.15) is 5.76 Å². The van der Waals surface area contributed by atoms with Gasteiger partial charge < -0.3 is 29.4 Å². The number of hydrogen-bond donors (Lipinski definition) is 2. The molecule has 162 valence electrons. The number of aliphatic imine (C=N–C) groups is 1. The van der Waals surface area contributed by atoms with Gasteiger partial charge in [0.15, 0.2) is 17.5 Å². The summed E-state index contributed by atoms with van der Waals surface area (Å²) < 4.78 is 21.6. The molecule has 0 aliphatic heterocycles. The van der Waals surface area contributed by atoms with Gasteiger partial charge in [0, 0.05) is 32.1 Å². The van der Waals surface area contributed by atoms with Gasteiger partial charge >= 0.3 is 0 Å². The Morgan fingerprint density at radius 2 is 1.62 bits per heavy atom. The van der Waals surface area contributed by atoms with Crippen molar-refractivity contribution in [1.29, 1.82) is 0 Å². The van der Waals surface area contributed by atoms with Crippen LogP contribution in [0.3, 0.4) is 0 Å². The van der Waals surface area contributed by atoms with Crippen molar-refractivity contribution in [2.75, 3.05) is 28.4 Å². The first-order valence-corrected chi connectivity index (χ1v) is 9.31. The van der Waals surface area contributed by atoms with Crippen molar-refractivity contribution in [1.82, 2.24) is 15.8 Å². The van der Waals surface area contributed by atoms with Crippen LogP contribution < -0.4 is 24.8 Å². The lowest BCUT2D eigenvalue weighted by Gasteiger charge is -2.16. The lowest BCUT2D eigenvalue weighted by atomic mass is 10.1. The molecule has 1 aromatic heterocycles. The van der Waals surface area contributed by atoms with Gasteiger partial charge in [-0.25, -0.2) is 0 Å². The van der Waals surface area contributed by atoms with Gasteiger partial charge in [-0.3, -0.25) is 4.99 Å². The number of hydrogen-bond acceptors (Lipinski definition) is 6. The van der Waals surface area contributed by atoms with Crippen molar-refractivity contribution in [2.45, 2.75) is 39.8 Å². The Morgan fingerprint density at radius 1 is 1.00 bits per heavy atom. The molecule has 0 unspecified atom stereocenters. The molecule has 1 heterocycles. The lowest BCUT2D eigenvalue weighted by molar-refractivity contribution is 0.323. The number of benzene rings is 1. The SMILES string of the molecule is CCc1noc(CC)c1CNC(=NC)NCc1cc(OC)c(OC)c(OC)c1.I. The van der Waals surface area contributed by atoms with Crippen molar-refractivity contribution in [3.05, 3.63) is 34.7 Å². The van der Waals surface area contributed by atoms with Crippen LogP contribution in [-0.2, 0) is 25.9 Å². The van der Waals surface area contributed by atoms with E-state index in [2.05, 4.69) is 34.6 Å². The molecule has 0 spiro atoms. The average molecular weight is 518 g/mol. The van der Waals surface area contributed by atoms with Crippen LogP contribution in [0.2, 0.25) is 0 Å². The molecule has 1 aromatic carbocycles. The molecule has 0 amide bonds. The highest BCUT2D eigenvalue weighted by molar-refractivity contribution is 14.0. The van der Waals surface area contributed by atoms with Crippen molar-refractivity contribution in [3.63, 3.8) is 0 Å². The van der Waals surface area contributed by atoms with Crippen molar-refractivity contribution < 1.29 is 18.7 Å². The van der Waals surface area contributed by atoms with Crippen molar-refractivity contribution >= 4 is 29.9 Å². The Hall–Kier alpha value is -2.17. The highest BCUT2D eigenvalue weighted by Crippen LogP contribution is 2.38. The van der Waals surface area contributed by atoms with Gasteiger partial charge in [-0.1, -0.05) is 19.0 Å². The van der Waals surface area contributed by atoms with Gasteiger partial charge in [-0.15, -0.1) is 24.0 Å². The third-order valence-corrected chi connectivity index (χ3v) is 4.45. The third-order valence-electron chi connectivity index (χ3n) is 4.45. The van der Waals surface area contributed by atoms with Crippen LogP contribution in [-0.4, -0.2) is 39.5 Å². The maximum Gasteiger partial charge on any atom is 0.203 e. The van der Waals surface area contributed by atoms with Crippen molar-refractivity contribution in [2.24, 2.45) is 4.99 Å². The molecule has 0 bridgehead atoms. The second-order valence-electron chi connectivity index (χ2n) is 6.05. The number of halogens is 1. The third kappa shape index (κ3) is 6.15. The Kier molecular flexibility index (Phi) is 10.6. The zero-order valence-electron chi connectivity index (χ0n) is 17.9. The molecule has 0 saturated carbocycles. The normalized spacial score (nSPS) is 10.9. The van der Waals surface area contributed by atoms with Gasteiger partial charge in [0.2, 0.25) is 5.75 Å². The molecule has 0 fully saturated rings. The molecular weight excluding hydrogens is 487 g/mol. The number of aromatic nitrogens is 1. The fraction of sp³-hybridized carbons (Fsp3) is 0.500. The zero-order chi connectivity index (χ0) is 20.5. The maximum absolute atomic E-state index is 5.41. The highest BCUT2D eigenvalue weighted by atomic mass is 127. The molecule has 0 aliphatic carbocycles. The summed E-state index contributed by atoms with van der Waals surface area (Å²) in [5.74, 6) is 3.39. The van der Waals surface area contributed by atoms with Gasteiger partial charge in [0.05, 0.1) is 27.0 Å². The molecule has 0 atom stereocenters. The van der Waals surface area contributed by atoms with Gasteiger partial charge in [-0.2, -0.15) is 0 Å². The van der Waals surface area contributed by atoms with Crippen LogP contribution in [0.1, 0.15) is 36.4 Å². The predicted octanol–water partition coefficient (Wildman–Crippen LogP) is 3.31. The van der Waals surface area contributed by atoms with E-state index in [1.807, 2.05) is 12.1 Å². The largest absolute Gasteiger partial charge is 0.493 e. The molecule has 2 rings (SSSR count).